The van der Waals surface area contributed by atoms with Crippen molar-refractivity contribution in [1.82, 2.24) is 0 Å². The zero-order valence-electron chi connectivity index (χ0n) is 6.70. The van der Waals surface area contributed by atoms with Gasteiger partial charge in [-0.25, -0.2) is 6.57 Å². The lowest BCUT2D eigenvalue weighted by Gasteiger charge is -1.99. The summed E-state index contributed by atoms with van der Waals surface area (Å²) in [6.07, 6.45) is 1.15. The summed E-state index contributed by atoms with van der Waals surface area (Å²) < 4.78 is 0. The fourth-order valence-electron chi connectivity index (χ4n) is 2.49. The summed E-state index contributed by atoms with van der Waals surface area (Å²) in [4.78, 5) is 3.63. The van der Waals surface area contributed by atoms with E-state index in [2.05, 4.69) is 29.1 Å². The van der Waals surface area contributed by atoms with Crippen LogP contribution in [0, 0.1) is 12.5 Å². The lowest BCUT2D eigenvalue weighted by atomic mass is 10.1. The van der Waals surface area contributed by atoms with E-state index >= 15 is 0 Å². The molecule has 0 amide bonds. The van der Waals surface area contributed by atoms with Crippen LogP contribution in [0.25, 0.3) is 4.85 Å². The minimum Gasteiger partial charge on any atom is -0.313 e. The van der Waals surface area contributed by atoms with Crippen LogP contribution in [0.15, 0.2) is 24.3 Å². The molecule has 3 atom stereocenters. The number of fused-ring (bicyclic) bond motifs is 3. The molecule has 3 rings (SSSR count). The molecule has 1 aromatic rings. The Morgan fingerprint density at radius 1 is 1.33 bits per heavy atom. The summed E-state index contributed by atoms with van der Waals surface area (Å²) in [7, 11) is 0. The maximum absolute atomic E-state index is 6.98. The Kier molecular flexibility index (Phi) is 0.988. The van der Waals surface area contributed by atoms with Gasteiger partial charge in [0, 0.05) is 0 Å². The number of hydrogen-bond acceptors (Lipinski definition) is 0. The van der Waals surface area contributed by atoms with Crippen LogP contribution in [0.2, 0.25) is 0 Å². The molecule has 0 aliphatic heterocycles. The Balaban J connectivity index is 2.07. The number of rotatable bonds is 0. The molecule has 0 bridgehead atoms. The molecule has 1 aromatic carbocycles. The predicted molar refractivity (Wildman–Crippen MR) is 46.8 cm³/mol. The number of benzene rings is 1. The maximum Gasteiger partial charge on any atom is 0.235 e. The molecule has 0 saturated heterocycles. The van der Waals surface area contributed by atoms with Crippen LogP contribution in [0.3, 0.4) is 0 Å². The molecule has 0 spiro atoms. The van der Waals surface area contributed by atoms with Gasteiger partial charge in [-0.3, -0.25) is 0 Å². The average Bonchev–Trinajstić information content (AvgIpc) is 2.68. The summed E-state index contributed by atoms with van der Waals surface area (Å²) >= 11 is 0. The van der Waals surface area contributed by atoms with E-state index in [0.29, 0.717) is 17.9 Å². The molecular formula is C11H9N. The molecule has 0 aromatic heterocycles. The lowest BCUT2D eigenvalue weighted by Crippen LogP contribution is -1.92. The highest BCUT2D eigenvalue weighted by Crippen LogP contribution is 2.57. The third-order valence-electron chi connectivity index (χ3n) is 3.15. The summed E-state index contributed by atoms with van der Waals surface area (Å²) in [6, 6.07) is 8.88. The normalized spacial score (nSPS) is 35.1. The topological polar surface area (TPSA) is 4.36 Å². The van der Waals surface area contributed by atoms with Crippen LogP contribution in [-0.2, 0) is 6.42 Å². The first-order valence-corrected chi connectivity index (χ1v) is 4.36. The van der Waals surface area contributed by atoms with Gasteiger partial charge in [0.2, 0.25) is 6.04 Å². The summed E-state index contributed by atoms with van der Waals surface area (Å²) in [5.74, 6) is 1.26. The molecule has 0 radical (unpaired) electrons. The van der Waals surface area contributed by atoms with Crippen LogP contribution in [-0.4, -0.2) is 6.04 Å². The fourth-order valence-corrected chi connectivity index (χ4v) is 2.49. The van der Waals surface area contributed by atoms with E-state index in [9.17, 15) is 0 Å². The van der Waals surface area contributed by atoms with Crippen molar-refractivity contribution in [3.63, 3.8) is 0 Å². The minimum atomic E-state index is 0.319. The molecule has 2 aliphatic rings. The first-order chi connectivity index (χ1) is 5.92. The molecule has 1 heteroatoms. The van der Waals surface area contributed by atoms with Gasteiger partial charge in [-0.1, -0.05) is 24.3 Å². The van der Waals surface area contributed by atoms with E-state index in [0.717, 1.165) is 6.42 Å². The lowest BCUT2D eigenvalue weighted by molar-refractivity contribution is 0.841. The van der Waals surface area contributed by atoms with Crippen molar-refractivity contribution in [2.45, 2.75) is 18.4 Å². The van der Waals surface area contributed by atoms with Gasteiger partial charge < -0.3 is 4.85 Å². The van der Waals surface area contributed by atoms with Crippen LogP contribution in [0.1, 0.15) is 17.0 Å². The summed E-state index contributed by atoms with van der Waals surface area (Å²) in [5, 5.41) is 0. The predicted octanol–water partition coefficient (Wildman–Crippen LogP) is 2.24. The third-order valence-corrected chi connectivity index (χ3v) is 3.15. The molecule has 0 N–H and O–H groups in total. The van der Waals surface area contributed by atoms with Gasteiger partial charge in [-0.2, -0.15) is 0 Å². The fraction of sp³-hybridized carbons (Fsp3) is 0.364. The highest BCUT2D eigenvalue weighted by atomic mass is 14.9. The molecule has 58 valence electrons. The molecule has 1 fully saturated rings. The van der Waals surface area contributed by atoms with E-state index in [4.69, 9.17) is 6.57 Å². The zero-order valence-corrected chi connectivity index (χ0v) is 6.70. The average molecular weight is 155 g/mol. The Hall–Kier alpha value is -1.29. The molecule has 1 nitrogen and oxygen atoms in total. The summed E-state index contributed by atoms with van der Waals surface area (Å²) in [5.41, 5.74) is 2.93. The number of hydrogen-bond donors (Lipinski definition) is 0. The highest BCUT2D eigenvalue weighted by Gasteiger charge is 2.61. The third kappa shape index (κ3) is 0.587. The van der Waals surface area contributed by atoms with Crippen LogP contribution in [0.5, 0.6) is 0 Å². The van der Waals surface area contributed by atoms with E-state index in [-0.39, 0.29) is 0 Å². The van der Waals surface area contributed by atoms with Crippen molar-refractivity contribution in [3.8, 4) is 0 Å². The van der Waals surface area contributed by atoms with Crippen LogP contribution in [0.4, 0.5) is 0 Å². The van der Waals surface area contributed by atoms with Crippen LogP contribution < -0.4 is 0 Å². The zero-order chi connectivity index (χ0) is 8.13. The van der Waals surface area contributed by atoms with Crippen molar-refractivity contribution < 1.29 is 0 Å². The van der Waals surface area contributed by atoms with Crippen molar-refractivity contribution in [2.24, 2.45) is 5.92 Å². The van der Waals surface area contributed by atoms with E-state index < -0.39 is 0 Å². The summed E-state index contributed by atoms with van der Waals surface area (Å²) in [6.45, 7) is 6.98. The van der Waals surface area contributed by atoms with Gasteiger partial charge in [-0.15, -0.1) is 0 Å². The smallest absolute Gasteiger partial charge is 0.235 e. The standard InChI is InChI=1S/C11H9N/c1-12-11-9-6-7-4-2-3-5-8(7)10(9)11/h2-5,9-11H,6H2/t9-,10+,11+/m1/s1. The van der Waals surface area contributed by atoms with Gasteiger partial charge in [0.15, 0.2) is 0 Å². The van der Waals surface area contributed by atoms with Gasteiger partial charge in [0.25, 0.3) is 0 Å². The van der Waals surface area contributed by atoms with Crippen molar-refractivity contribution in [1.29, 1.82) is 0 Å². The minimum absolute atomic E-state index is 0.319. The van der Waals surface area contributed by atoms with Crippen molar-refractivity contribution in [3.05, 3.63) is 46.8 Å². The largest absolute Gasteiger partial charge is 0.313 e. The quantitative estimate of drug-likeness (QED) is 0.506. The first kappa shape index (κ1) is 6.25. The molecule has 12 heavy (non-hydrogen) atoms. The van der Waals surface area contributed by atoms with Gasteiger partial charge in [-0.05, 0) is 17.5 Å². The second kappa shape index (κ2) is 1.90. The first-order valence-electron chi connectivity index (χ1n) is 4.36. The SMILES string of the molecule is [C-]#[N+][C@H]1[C@@H]2Cc3ccccc3[C@@H]21. The van der Waals surface area contributed by atoms with Gasteiger partial charge >= 0.3 is 0 Å². The van der Waals surface area contributed by atoms with Gasteiger partial charge in [0.05, 0.1) is 11.8 Å². The van der Waals surface area contributed by atoms with E-state index in [1.165, 1.54) is 11.1 Å². The molecule has 0 heterocycles. The second-order valence-electron chi connectivity index (χ2n) is 3.71. The molecular weight excluding hydrogens is 146 g/mol. The highest BCUT2D eigenvalue weighted by molar-refractivity contribution is 5.46. The van der Waals surface area contributed by atoms with Crippen LogP contribution >= 0.6 is 0 Å². The number of nitrogens with zero attached hydrogens (tertiary/aromatic N) is 1. The molecule has 1 saturated carbocycles. The second-order valence-corrected chi connectivity index (χ2v) is 3.71. The van der Waals surface area contributed by atoms with Gasteiger partial charge in [0.1, 0.15) is 0 Å². The van der Waals surface area contributed by atoms with Crippen molar-refractivity contribution in [2.75, 3.05) is 0 Å². The Morgan fingerprint density at radius 3 is 3.00 bits per heavy atom. The Bertz CT molecular complexity index is 375. The Morgan fingerprint density at radius 2 is 2.17 bits per heavy atom. The monoisotopic (exact) mass is 155 g/mol. The van der Waals surface area contributed by atoms with E-state index in [1.807, 2.05) is 0 Å². The molecule has 0 unspecified atom stereocenters. The molecule has 2 aliphatic carbocycles. The Labute approximate surface area is 71.8 Å². The van der Waals surface area contributed by atoms with Crippen molar-refractivity contribution >= 4 is 0 Å². The van der Waals surface area contributed by atoms with E-state index in [1.54, 1.807) is 0 Å². The maximum atomic E-state index is 6.98.